The number of imide groups is 1. The predicted octanol–water partition coefficient (Wildman–Crippen LogP) is 2.05. The van der Waals surface area contributed by atoms with Crippen LogP contribution in [0.15, 0.2) is 23.1 Å². The minimum Gasteiger partial charge on any atom is -0.335 e. The van der Waals surface area contributed by atoms with Gasteiger partial charge in [0.1, 0.15) is 11.6 Å². The van der Waals surface area contributed by atoms with Crippen molar-refractivity contribution in [1.82, 2.24) is 10.6 Å². The molecule has 0 heterocycles. The number of urea groups is 1. The summed E-state index contributed by atoms with van der Waals surface area (Å²) in [5, 5.41) is 4.74. The molecule has 0 atom stereocenters. The Morgan fingerprint density at radius 1 is 1.32 bits per heavy atom. The molecule has 1 saturated carbocycles. The molecule has 0 aromatic heterocycles. The molecule has 0 radical (unpaired) electrons. The Bertz CT molecular complexity index is 507. The van der Waals surface area contributed by atoms with Gasteiger partial charge in [-0.1, -0.05) is 0 Å². The quantitative estimate of drug-likeness (QED) is 0.833. The maximum atomic E-state index is 13.3. The van der Waals surface area contributed by atoms with E-state index in [9.17, 15) is 18.4 Å². The molecule has 0 aliphatic heterocycles. The number of rotatable bonds is 4. The second-order valence-electron chi connectivity index (χ2n) is 4.16. The van der Waals surface area contributed by atoms with Crippen LogP contribution in [0.25, 0.3) is 0 Å². The van der Waals surface area contributed by atoms with Crippen molar-refractivity contribution in [2.24, 2.45) is 0 Å². The number of carbonyl (C=O) groups excluding carboxylic acids is 2. The summed E-state index contributed by atoms with van der Waals surface area (Å²) >= 11 is 0.907. The van der Waals surface area contributed by atoms with Crippen LogP contribution in [-0.4, -0.2) is 23.7 Å². The molecule has 3 amide bonds. The number of benzene rings is 1. The lowest BCUT2D eigenvalue weighted by molar-refractivity contribution is -0.117. The van der Waals surface area contributed by atoms with Gasteiger partial charge in [-0.05, 0) is 25.0 Å². The van der Waals surface area contributed by atoms with E-state index in [0.717, 1.165) is 36.7 Å². The van der Waals surface area contributed by atoms with Gasteiger partial charge in [-0.15, -0.1) is 11.8 Å². The third-order valence-electron chi connectivity index (χ3n) is 2.42. The summed E-state index contributed by atoms with van der Waals surface area (Å²) in [6, 6.07) is 2.75. The van der Waals surface area contributed by atoms with Crippen LogP contribution in [0.4, 0.5) is 13.6 Å². The third-order valence-corrected chi connectivity index (χ3v) is 3.47. The second-order valence-corrected chi connectivity index (χ2v) is 5.18. The number of carbonyl (C=O) groups is 2. The van der Waals surface area contributed by atoms with Crippen LogP contribution in [0, 0.1) is 11.6 Å². The van der Waals surface area contributed by atoms with E-state index in [0.29, 0.717) is 0 Å². The van der Waals surface area contributed by atoms with Crippen molar-refractivity contribution in [3.05, 3.63) is 29.8 Å². The lowest BCUT2D eigenvalue weighted by Gasteiger charge is -2.05. The summed E-state index contributed by atoms with van der Waals surface area (Å²) in [6.45, 7) is 0. The first kappa shape index (κ1) is 13.8. The largest absolute Gasteiger partial charge is 0.335 e. The maximum Gasteiger partial charge on any atom is 0.321 e. The first-order chi connectivity index (χ1) is 9.04. The number of hydrogen-bond acceptors (Lipinski definition) is 3. The molecule has 1 aliphatic rings. The Hall–Kier alpha value is -1.63. The molecule has 0 saturated heterocycles. The average molecular weight is 286 g/mol. The molecule has 19 heavy (non-hydrogen) atoms. The topological polar surface area (TPSA) is 58.2 Å². The van der Waals surface area contributed by atoms with Crippen LogP contribution in [0.5, 0.6) is 0 Å². The summed E-state index contributed by atoms with van der Waals surface area (Å²) in [4.78, 5) is 22.8. The fraction of sp³-hybridized carbons (Fsp3) is 0.333. The fourth-order valence-electron chi connectivity index (χ4n) is 1.35. The van der Waals surface area contributed by atoms with Gasteiger partial charge in [0.2, 0.25) is 5.91 Å². The Morgan fingerprint density at radius 3 is 2.68 bits per heavy atom. The highest BCUT2D eigenvalue weighted by Gasteiger charge is 2.23. The van der Waals surface area contributed by atoms with Gasteiger partial charge in [0.25, 0.3) is 0 Å². The standard InChI is InChI=1S/C12H12F2N2O2S/c13-7-1-4-10(9(14)5-7)19-6-11(17)16-12(18)15-8-2-3-8/h1,4-5,8H,2-3,6H2,(H2,15,16,17,18). The smallest absolute Gasteiger partial charge is 0.321 e. The molecule has 4 nitrogen and oxygen atoms in total. The summed E-state index contributed by atoms with van der Waals surface area (Å²) in [5.74, 6) is -2.03. The molecular weight excluding hydrogens is 274 g/mol. The van der Waals surface area contributed by atoms with Crippen molar-refractivity contribution >= 4 is 23.7 Å². The van der Waals surface area contributed by atoms with Gasteiger partial charge < -0.3 is 5.32 Å². The number of amides is 3. The van der Waals surface area contributed by atoms with E-state index in [1.54, 1.807) is 0 Å². The normalized spacial score (nSPS) is 14.0. The lowest BCUT2D eigenvalue weighted by atomic mass is 10.3. The van der Waals surface area contributed by atoms with E-state index in [1.165, 1.54) is 6.07 Å². The van der Waals surface area contributed by atoms with Crippen molar-refractivity contribution in [3.63, 3.8) is 0 Å². The maximum absolute atomic E-state index is 13.3. The van der Waals surface area contributed by atoms with Gasteiger partial charge in [0, 0.05) is 17.0 Å². The average Bonchev–Trinajstić information content (AvgIpc) is 3.11. The summed E-state index contributed by atoms with van der Waals surface area (Å²) < 4.78 is 25.9. The van der Waals surface area contributed by atoms with E-state index >= 15 is 0 Å². The Labute approximate surface area is 112 Å². The fourth-order valence-corrected chi connectivity index (χ4v) is 2.07. The highest BCUT2D eigenvalue weighted by molar-refractivity contribution is 8.00. The van der Waals surface area contributed by atoms with Crippen molar-refractivity contribution in [2.45, 2.75) is 23.8 Å². The molecule has 1 aliphatic carbocycles. The highest BCUT2D eigenvalue weighted by atomic mass is 32.2. The first-order valence-electron chi connectivity index (χ1n) is 5.73. The molecule has 7 heteroatoms. The third kappa shape index (κ3) is 4.51. The molecule has 0 unspecified atom stereocenters. The van der Waals surface area contributed by atoms with Crippen LogP contribution < -0.4 is 10.6 Å². The van der Waals surface area contributed by atoms with Crippen LogP contribution in [0.2, 0.25) is 0 Å². The van der Waals surface area contributed by atoms with Crippen molar-refractivity contribution < 1.29 is 18.4 Å². The van der Waals surface area contributed by atoms with Gasteiger partial charge in [-0.2, -0.15) is 0 Å². The molecule has 102 valence electrons. The summed E-state index contributed by atoms with van der Waals surface area (Å²) in [6.07, 6.45) is 1.86. The van der Waals surface area contributed by atoms with Gasteiger partial charge in [-0.25, -0.2) is 13.6 Å². The molecule has 0 spiro atoms. The number of nitrogens with one attached hydrogen (secondary N) is 2. The summed E-state index contributed by atoms with van der Waals surface area (Å²) in [7, 11) is 0. The number of hydrogen-bond donors (Lipinski definition) is 2. The Balaban J connectivity index is 1.77. The number of thioether (sulfide) groups is 1. The van der Waals surface area contributed by atoms with Crippen molar-refractivity contribution in [1.29, 1.82) is 0 Å². The lowest BCUT2D eigenvalue weighted by Crippen LogP contribution is -2.41. The zero-order chi connectivity index (χ0) is 13.8. The summed E-state index contributed by atoms with van der Waals surface area (Å²) in [5.41, 5.74) is 0. The molecular formula is C12H12F2N2O2S. The molecule has 0 bridgehead atoms. The minimum absolute atomic E-state index is 0.110. The van der Waals surface area contributed by atoms with Gasteiger partial charge in [0.05, 0.1) is 5.75 Å². The van der Waals surface area contributed by atoms with E-state index in [4.69, 9.17) is 0 Å². The Morgan fingerprint density at radius 2 is 2.05 bits per heavy atom. The van der Waals surface area contributed by atoms with Gasteiger partial charge in [0.15, 0.2) is 0 Å². The van der Waals surface area contributed by atoms with Crippen LogP contribution >= 0.6 is 11.8 Å². The number of halogens is 2. The zero-order valence-electron chi connectivity index (χ0n) is 9.91. The van der Waals surface area contributed by atoms with Crippen LogP contribution in [0.3, 0.4) is 0 Å². The van der Waals surface area contributed by atoms with E-state index < -0.39 is 23.6 Å². The SMILES string of the molecule is O=C(CSc1ccc(F)cc1F)NC(=O)NC1CC1. The Kier molecular flexibility index (Phi) is 4.36. The van der Waals surface area contributed by atoms with E-state index in [-0.39, 0.29) is 16.7 Å². The monoisotopic (exact) mass is 286 g/mol. The molecule has 1 aromatic carbocycles. The molecule has 2 rings (SSSR count). The van der Waals surface area contributed by atoms with Crippen molar-refractivity contribution in [2.75, 3.05) is 5.75 Å². The van der Waals surface area contributed by atoms with Crippen LogP contribution in [0.1, 0.15) is 12.8 Å². The molecule has 2 N–H and O–H groups in total. The van der Waals surface area contributed by atoms with Crippen molar-refractivity contribution in [3.8, 4) is 0 Å². The molecule has 1 fully saturated rings. The van der Waals surface area contributed by atoms with Crippen LogP contribution in [-0.2, 0) is 4.79 Å². The van der Waals surface area contributed by atoms with Gasteiger partial charge >= 0.3 is 6.03 Å². The van der Waals surface area contributed by atoms with E-state index in [1.807, 2.05) is 0 Å². The predicted molar refractivity (Wildman–Crippen MR) is 66.8 cm³/mol. The van der Waals surface area contributed by atoms with E-state index in [2.05, 4.69) is 10.6 Å². The highest BCUT2D eigenvalue weighted by Crippen LogP contribution is 2.22. The zero-order valence-corrected chi connectivity index (χ0v) is 10.7. The molecule has 1 aromatic rings. The minimum atomic E-state index is -0.722. The second kappa shape index (κ2) is 6.01. The first-order valence-corrected chi connectivity index (χ1v) is 6.71. The van der Waals surface area contributed by atoms with Gasteiger partial charge in [-0.3, -0.25) is 10.1 Å².